The maximum atomic E-state index is 11.9. The average molecular weight is 302 g/mol. The summed E-state index contributed by atoms with van der Waals surface area (Å²) in [5.74, 6) is 0.202. The Morgan fingerprint density at radius 3 is 2.45 bits per heavy atom. The van der Waals surface area contributed by atoms with E-state index in [1.165, 1.54) is 18.3 Å². The summed E-state index contributed by atoms with van der Waals surface area (Å²) in [4.78, 5) is 30.9. The predicted octanol–water partition coefficient (Wildman–Crippen LogP) is 1.40. The molecule has 3 N–H and O–H groups in total. The van der Waals surface area contributed by atoms with Crippen molar-refractivity contribution in [2.45, 2.75) is 32.7 Å². The summed E-state index contributed by atoms with van der Waals surface area (Å²) >= 11 is 0. The summed E-state index contributed by atoms with van der Waals surface area (Å²) in [5, 5.41) is 2.65. The number of carbonyl (C=O) groups is 2. The number of nitrogens with one attached hydrogen (secondary N) is 1. The summed E-state index contributed by atoms with van der Waals surface area (Å²) in [6.45, 7) is 6.20. The Kier molecular flexibility index (Phi) is 4.25. The fraction of sp³-hybridized carbons (Fsp3) is 0.333. The van der Waals surface area contributed by atoms with Gasteiger partial charge < -0.3 is 15.5 Å². The van der Waals surface area contributed by atoms with Crippen LogP contribution in [0.3, 0.4) is 0 Å². The molecule has 0 aliphatic rings. The number of nitrogens with zero attached hydrogens (tertiary/aromatic N) is 2. The van der Waals surface area contributed by atoms with Gasteiger partial charge in [0, 0.05) is 11.6 Å². The fourth-order valence-corrected chi connectivity index (χ4v) is 1.66. The second-order valence-corrected chi connectivity index (χ2v) is 5.85. The first-order valence-electron chi connectivity index (χ1n) is 6.76. The maximum Gasteiger partial charge on any atom is 0.270 e. The quantitative estimate of drug-likeness (QED) is 0.886. The molecule has 22 heavy (non-hydrogen) atoms. The van der Waals surface area contributed by atoms with Crippen LogP contribution < -0.4 is 11.1 Å². The molecule has 2 aromatic rings. The molecule has 7 nitrogen and oxygen atoms in total. The normalized spacial score (nSPS) is 11.2. The summed E-state index contributed by atoms with van der Waals surface area (Å²) in [6, 6.07) is 2.89. The van der Waals surface area contributed by atoms with E-state index in [1.54, 1.807) is 6.20 Å². The maximum absolute atomic E-state index is 11.9. The van der Waals surface area contributed by atoms with Crippen LogP contribution in [0.5, 0.6) is 0 Å². The van der Waals surface area contributed by atoms with Gasteiger partial charge in [0.2, 0.25) is 11.8 Å². The van der Waals surface area contributed by atoms with E-state index in [2.05, 4.69) is 15.3 Å². The van der Waals surface area contributed by atoms with Crippen LogP contribution in [0, 0.1) is 0 Å². The first-order chi connectivity index (χ1) is 10.3. The van der Waals surface area contributed by atoms with Crippen LogP contribution in [0.25, 0.3) is 0 Å². The Balaban J connectivity index is 1.98. The van der Waals surface area contributed by atoms with Crippen molar-refractivity contribution in [3.63, 3.8) is 0 Å². The number of nitrogens with two attached hydrogens (primary N) is 1. The molecule has 2 aromatic heterocycles. The minimum Gasteiger partial charge on any atom is -0.443 e. The van der Waals surface area contributed by atoms with Gasteiger partial charge in [0.1, 0.15) is 11.5 Å². The van der Waals surface area contributed by atoms with E-state index in [0.717, 1.165) is 5.76 Å². The van der Waals surface area contributed by atoms with Crippen molar-refractivity contribution in [3.05, 3.63) is 47.4 Å². The van der Waals surface area contributed by atoms with Gasteiger partial charge in [-0.05, 0) is 12.1 Å². The van der Waals surface area contributed by atoms with Gasteiger partial charge in [-0.1, -0.05) is 20.8 Å². The van der Waals surface area contributed by atoms with Gasteiger partial charge in [0.15, 0.2) is 0 Å². The Morgan fingerprint density at radius 2 is 1.95 bits per heavy atom. The van der Waals surface area contributed by atoms with Gasteiger partial charge >= 0.3 is 0 Å². The molecule has 7 heteroatoms. The second kappa shape index (κ2) is 5.97. The monoisotopic (exact) mass is 302 g/mol. The van der Waals surface area contributed by atoms with E-state index in [4.69, 9.17) is 10.2 Å². The van der Waals surface area contributed by atoms with Crippen LogP contribution >= 0.6 is 0 Å². The fourth-order valence-electron chi connectivity index (χ4n) is 1.66. The molecule has 0 spiro atoms. The van der Waals surface area contributed by atoms with Crippen LogP contribution in [0.15, 0.2) is 28.9 Å². The van der Waals surface area contributed by atoms with E-state index >= 15 is 0 Å². The minimum atomic E-state index is -0.589. The standard InChI is InChI=1S/C15H18N4O3/c1-15(2,3)11-7-18-12(22-11)8-19-14(21)10-5-4-9(6-17-10)13(16)20/h4-7H,8H2,1-3H3,(H2,16,20)(H,19,21). The number of hydrogen-bond donors (Lipinski definition) is 2. The van der Waals surface area contributed by atoms with Crippen molar-refractivity contribution in [1.29, 1.82) is 0 Å². The summed E-state index contributed by atoms with van der Waals surface area (Å²) in [5.41, 5.74) is 5.41. The van der Waals surface area contributed by atoms with Crippen LogP contribution in [0.1, 0.15) is 53.3 Å². The Hall–Kier alpha value is -2.70. The van der Waals surface area contributed by atoms with Crippen molar-refractivity contribution in [2.24, 2.45) is 5.73 Å². The first-order valence-corrected chi connectivity index (χ1v) is 6.76. The highest BCUT2D eigenvalue weighted by Gasteiger charge is 2.19. The lowest BCUT2D eigenvalue weighted by Crippen LogP contribution is -2.24. The zero-order chi connectivity index (χ0) is 16.3. The third-order valence-corrected chi connectivity index (χ3v) is 2.97. The molecule has 0 fully saturated rings. The van der Waals surface area contributed by atoms with Crippen molar-refractivity contribution in [3.8, 4) is 0 Å². The molecule has 0 bridgehead atoms. The lowest BCUT2D eigenvalue weighted by molar-refractivity contribution is 0.0939. The van der Waals surface area contributed by atoms with Gasteiger partial charge in [-0.2, -0.15) is 0 Å². The average Bonchev–Trinajstić information content (AvgIpc) is 2.94. The SMILES string of the molecule is CC(C)(C)c1cnc(CNC(=O)c2ccc(C(N)=O)cn2)o1. The smallest absolute Gasteiger partial charge is 0.270 e. The number of amides is 2. The number of rotatable bonds is 4. The molecule has 0 unspecified atom stereocenters. The number of oxazole rings is 1. The lowest BCUT2D eigenvalue weighted by atomic mass is 9.94. The molecule has 2 rings (SSSR count). The zero-order valence-electron chi connectivity index (χ0n) is 12.7. The minimum absolute atomic E-state index is 0.137. The van der Waals surface area contributed by atoms with E-state index in [0.29, 0.717) is 5.89 Å². The number of carbonyl (C=O) groups excluding carboxylic acids is 2. The molecule has 0 aliphatic heterocycles. The largest absolute Gasteiger partial charge is 0.443 e. The highest BCUT2D eigenvalue weighted by molar-refractivity contribution is 5.95. The summed E-state index contributed by atoms with van der Waals surface area (Å²) in [6.07, 6.45) is 2.92. The van der Waals surface area contributed by atoms with Crippen LogP contribution in [0.4, 0.5) is 0 Å². The lowest BCUT2D eigenvalue weighted by Gasteiger charge is -2.13. The van der Waals surface area contributed by atoms with Crippen LogP contribution in [-0.2, 0) is 12.0 Å². The van der Waals surface area contributed by atoms with Gasteiger partial charge in [0.05, 0.1) is 18.3 Å². The van der Waals surface area contributed by atoms with E-state index in [-0.39, 0.29) is 29.1 Å². The van der Waals surface area contributed by atoms with Gasteiger partial charge in [0.25, 0.3) is 5.91 Å². The Morgan fingerprint density at radius 1 is 1.23 bits per heavy atom. The van der Waals surface area contributed by atoms with Gasteiger partial charge in [-0.15, -0.1) is 0 Å². The van der Waals surface area contributed by atoms with Crippen molar-refractivity contribution in [1.82, 2.24) is 15.3 Å². The number of aromatic nitrogens is 2. The zero-order valence-corrected chi connectivity index (χ0v) is 12.7. The highest BCUT2D eigenvalue weighted by Crippen LogP contribution is 2.22. The molecular weight excluding hydrogens is 284 g/mol. The Bertz CT molecular complexity index is 684. The molecule has 2 heterocycles. The highest BCUT2D eigenvalue weighted by atomic mass is 16.4. The molecule has 0 saturated carbocycles. The Labute approximate surface area is 127 Å². The van der Waals surface area contributed by atoms with Crippen molar-refractivity contribution in [2.75, 3.05) is 0 Å². The van der Waals surface area contributed by atoms with Crippen molar-refractivity contribution < 1.29 is 14.0 Å². The first kappa shape index (κ1) is 15.7. The topological polar surface area (TPSA) is 111 Å². The van der Waals surface area contributed by atoms with Crippen LogP contribution in [-0.4, -0.2) is 21.8 Å². The van der Waals surface area contributed by atoms with Crippen molar-refractivity contribution >= 4 is 11.8 Å². The third kappa shape index (κ3) is 3.69. The van der Waals surface area contributed by atoms with E-state index in [1.807, 2.05) is 20.8 Å². The predicted molar refractivity (Wildman–Crippen MR) is 79.1 cm³/mol. The number of primary amides is 1. The molecule has 116 valence electrons. The molecule has 2 amide bonds. The molecule has 0 atom stereocenters. The molecule has 0 saturated heterocycles. The molecule has 0 radical (unpaired) electrons. The van der Waals surface area contributed by atoms with E-state index in [9.17, 15) is 9.59 Å². The molecular formula is C15H18N4O3. The van der Waals surface area contributed by atoms with E-state index < -0.39 is 5.91 Å². The summed E-state index contributed by atoms with van der Waals surface area (Å²) in [7, 11) is 0. The van der Waals surface area contributed by atoms with Gasteiger partial charge in [-0.3, -0.25) is 14.6 Å². The third-order valence-electron chi connectivity index (χ3n) is 2.97. The number of pyridine rings is 1. The summed E-state index contributed by atoms with van der Waals surface area (Å²) < 4.78 is 5.58. The van der Waals surface area contributed by atoms with Gasteiger partial charge in [-0.25, -0.2) is 4.98 Å². The molecule has 0 aliphatic carbocycles. The number of hydrogen-bond acceptors (Lipinski definition) is 5. The van der Waals surface area contributed by atoms with Crippen LogP contribution in [0.2, 0.25) is 0 Å². The second-order valence-electron chi connectivity index (χ2n) is 5.85. The molecule has 0 aromatic carbocycles.